The first-order valence-electron chi connectivity index (χ1n) is 5.18. The third kappa shape index (κ3) is 3.16. The minimum atomic E-state index is -4.65. The number of rotatable bonds is 2. The molecular weight excluding hydrogens is 295 g/mol. The first-order chi connectivity index (χ1) is 9.40. The molecule has 102 valence electrons. The number of nitriles is 1. The minimum Gasteiger partial charge on any atom is -0.438 e. The molecule has 0 aliphatic rings. The van der Waals surface area contributed by atoms with Gasteiger partial charge in [-0.05, 0) is 29.8 Å². The molecule has 1 aromatic heterocycles. The van der Waals surface area contributed by atoms with Crippen molar-refractivity contribution in [1.29, 1.82) is 5.26 Å². The average molecular weight is 300 g/mol. The van der Waals surface area contributed by atoms with E-state index in [-0.39, 0.29) is 16.7 Å². The van der Waals surface area contributed by atoms with E-state index >= 15 is 0 Å². The third-order valence-corrected chi connectivity index (χ3v) is 2.41. The molecule has 0 aliphatic carbocycles. The van der Waals surface area contributed by atoms with Gasteiger partial charge in [-0.1, -0.05) is 0 Å². The number of benzene rings is 1. The molecule has 0 unspecified atom stereocenters. The van der Waals surface area contributed by atoms with Crippen molar-refractivity contribution in [2.75, 3.05) is 0 Å². The Bertz CT molecular complexity index is 682. The van der Waals surface area contributed by atoms with E-state index in [1.807, 2.05) is 0 Å². The summed E-state index contributed by atoms with van der Waals surface area (Å²) in [5, 5.41) is 8.50. The van der Waals surface area contributed by atoms with Gasteiger partial charge in [-0.15, -0.1) is 0 Å². The van der Waals surface area contributed by atoms with Crippen molar-refractivity contribution < 1.29 is 17.9 Å². The fraction of sp³-hybridized carbons (Fsp3) is 0.0833. The molecule has 0 spiro atoms. The number of halogens is 4. The van der Waals surface area contributed by atoms with Crippen LogP contribution in [0.2, 0.25) is 5.28 Å². The predicted molar refractivity (Wildman–Crippen MR) is 63.3 cm³/mol. The number of ether oxygens (including phenoxy) is 1. The Balaban J connectivity index is 2.44. The van der Waals surface area contributed by atoms with Gasteiger partial charge in [0.15, 0.2) is 0 Å². The molecule has 0 N–H and O–H groups in total. The van der Waals surface area contributed by atoms with Crippen LogP contribution in [0, 0.1) is 11.3 Å². The molecule has 4 nitrogen and oxygen atoms in total. The van der Waals surface area contributed by atoms with E-state index in [0.717, 1.165) is 6.07 Å². The summed E-state index contributed by atoms with van der Waals surface area (Å²) in [4.78, 5) is 7.22. The van der Waals surface area contributed by atoms with E-state index in [9.17, 15) is 13.2 Å². The van der Waals surface area contributed by atoms with Crippen LogP contribution in [0.25, 0.3) is 0 Å². The van der Waals surface area contributed by atoms with Crippen LogP contribution < -0.4 is 4.74 Å². The Morgan fingerprint density at radius 2 is 2.00 bits per heavy atom. The van der Waals surface area contributed by atoms with Crippen molar-refractivity contribution >= 4 is 11.6 Å². The van der Waals surface area contributed by atoms with E-state index in [0.29, 0.717) is 6.07 Å². The number of aromatic nitrogens is 2. The second-order valence-corrected chi connectivity index (χ2v) is 3.92. The van der Waals surface area contributed by atoms with E-state index in [1.165, 1.54) is 18.3 Å². The summed E-state index contributed by atoms with van der Waals surface area (Å²) in [5.74, 6) is -0.591. The smallest absolute Gasteiger partial charge is 0.420 e. The van der Waals surface area contributed by atoms with Crippen LogP contribution in [-0.2, 0) is 6.18 Å². The van der Waals surface area contributed by atoms with Gasteiger partial charge in [-0.2, -0.15) is 23.4 Å². The maximum Gasteiger partial charge on any atom is 0.420 e. The van der Waals surface area contributed by atoms with Gasteiger partial charge in [0.2, 0.25) is 11.2 Å². The summed E-state index contributed by atoms with van der Waals surface area (Å²) in [7, 11) is 0. The van der Waals surface area contributed by atoms with Crippen LogP contribution >= 0.6 is 11.6 Å². The molecule has 0 radical (unpaired) electrons. The number of nitrogens with zero attached hydrogens (tertiary/aromatic N) is 3. The third-order valence-electron chi connectivity index (χ3n) is 2.23. The molecule has 0 aliphatic heterocycles. The average Bonchev–Trinajstić information content (AvgIpc) is 2.38. The number of alkyl halides is 3. The van der Waals surface area contributed by atoms with Crippen molar-refractivity contribution in [2.45, 2.75) is 6.18 Å². The van der Waals surface area contributed by atoms with Crippen molar-refractivity contribution in [3.05, 3.63) is 46.9 Å². The second-order valence-electron chi connectivity index (χ2n) is 3.59. The molecule has 20 heavy (non-hydrogen) atoms. The van der Waals surface area contributed by atoms with Crippen LogP contribution in [0.3, 0.4) is 0 Å². The van der Waals surface area contributed by atoms with Crippen LogP contribution in [0.5, 0.6) is 11.6 Å². The van der Waals surface area contributed by atoms with Crippen LogP contribution in [0.15, 0.2) is 30.5 Å². The van der Waals surface area contributed by atoms with Crippen molar-refractivity contribution in [2.24, 2.45) is 0 Å². The molecule has 1 heterocycles. The van der Waals surface area contributed by atoms with Gasteiger partial charge in [-0.25, -0.2) is 4.98 Å². The first kappa shape index (κ1) is 14.1. The highest BCUT2D eigenvalue weighted by atomic mass is 35.5. The zero-order valence-electron chi connectivity index (χ0n) is 9.65. The molecule has 0 amide bonds. The molecule has 0 saturated heterocycles. The summed E-state index contributed by atoms with van der Waals surface area (Å²) in [5.41, 5.74) is -1.18. The first-order valence-corrected chi connectivity index (χ1v) is 5.55. The highest BCUT2D eigenvalue weighted by molar-refractivity contribution is 6.28. The van der Waals surface area contributed by atoms with E-state index < -0.39 is 17.5 Å². The summed E-state index contributed by atoms with van der Waals surface area (Å²) in [6, 6.07) is 5.88. The van der Waals surface area contributed by atoms with Gasteiger partial charge >= 0.3 is 6.18 Å². The van der Waals surface area contributed by atoms with Gasteiger partial charge in [0.25, 0.3) is 0 Å². The summed E-state index contributed by atoms with van der Waals surface area (Å²) in [6.07, 6.45) is -3.40. The quantitative estimate of drug-likeness (QED) is 0.791. The number of hydrogen-bond donors (Lipinski definition) is 0. The molecule has 2 aromatic rings. The SMILES string of the molecule is N#Cc1ccc(Oc2ccnc(Cl)n2)c(C(F)(F)F)c1. The molecule has 2 rings (SSSR count). The Labute approximate surface area is 116 Å². The zero-order chi connectivity index (χ0) is 14.8. The fourth-order valence-electron chi connectivity index (χ4n) is 1.40. The molecule has 1 aromatic carbocycles. The normalized spacial score (nSPS) is 10.9. The Hall–Kier alpha value is -2.33. The van der Waals surface area contributed by atoms with E-state index in [1.54, 1.807) is 6.07 Å². The minimum absolute atomic E-state index is 0.120. The highest BCUT2D eigenvalue weighted by Gasteiger charge is 2.35. The zero-order valence-corrected chi connectivity index (χ0v) is 10.4. The topological polar surface area (TPSA) is 58.8 Å². The second kappa shape index (κ2) is 5.35. The summed E-state index contributed by atoms with van der Waals surface area (Å²) < 4.78 is 43.7. The molecule has 8 heteroatoms. The van der Waals surface area contributed by atoms with Crippen molar-refractivity contribution in [3.8, 4) is 17.7 Å². The molecule has 0 bridgehead atoms. The standard InChI is InChI=1S/C12H5ClF3N3O/c13-11-18-4-3-10(19-11)20-9-2-1-7(6-17)5-8(9)12(14,15)16/h1-5H. The van der Waals surface area contributed by atoms with Gasteiger partial charge in [-0.3, -0.25) is 0 Å². The summed E-state index contributed by atoms with van der Waals surface area (Å²) in [6.45, 7) is 0. The van der Waals surface area contributed by atoms with E-state index in [4.69, 9.17) is 21.6 Å². The largest absolute Gasteiger partial charge is 0.438 e. The van der Waals surface area contributed by atoms with Crippen LogP contribution in [0.4, 0.5) is 13.2 Å². The van der Waals surface area contributed by atoms with Crippen molar-refractivity contribution in [3.63, 3.8) is 0 Å². The molecule has 0 fully saturated rings. The lowest BCUT2D eigenvalue weighted by molar-refractivity contribution is -0.138. The predicted octanol–water partition coefficient (Wildman–Crippen LogP) is 3.81. The van der Waals surface area contributed by atoms with E-state index in [2.05, 4.69) is 9.97 Å². The maximum atomic E-state index is 12.9. The van der Waals surface area contributed by atoms with Gasteiger partial charge in [0, 0.05) is 12.3 Å². The van der Waals surface area contributed by atoms with Crippen LogP contribution in [0.1, 0.15) is 11.1 Å². The lowest BCUT2D eigenvalue weighted by Gasteiger charge is -2.13. The summed E-state index contributed by atoms with van der Waals surface area (Å²) >= 11 is 5.52. The Morgan fingerprint density at radius 3 is 2.60 bits per heavy atom. The van der Waals surface area contributed by atoms with Gasteiger partial charge in [0.05, 0.1) is 17.2 Å². The molecule has 0 saturated carbocycles. The van der Waals surface area contributed by atoms with Crippen LogP contribution in [-0.4, -0.2) is 9.97 Å². The van der Waals surface area contributed by atoms with Gasteiger partial charge in [0.1, 0.15) is 5.75 Å². The fourth-order valence-corrected chi connectivity index (χ4v) is 1.54. The maximum absolute atomic E-state index is 12.9. The lowest BCUT2D eigenvalue weighted by atomic mass is 10.1. The molecule has 0 atom stereocenters. The highest BCUT2D eigenvalue weighted by Crippen LogP contribution is 2.38. The number of hydrogen-bond acceptors (Lipinski definition) is 4. The monoisotopic (exact) mass is 299 g/mol. The van der Waals surface area contributed by atoms with Crippen molar-refractivity contribution in [1.82, 2.24) is 9.97 Å². The lowest BCUT2D eigenvalue weighted by Crippen LogP contribution is -2.08. The molecular formula is C12H5ClF3N3O. The Kier molecular flexibility index (Phi) is 3.77. The Morgan fingerprint density at radius 1 is 1.25 bits per heavy atom. The van der Waals surface area contributed by atoms with Gasteiger partial charge < -0.3 is 4.74 Å².